The third-order valence-electron chi connectivity index (χ3n) is 2.39. The first-order valence-electron chi connectivity index (χ1n) is 5.28. The maximum absolute atomic E-state index is 12.0. The van der Waals surface area contributed by atoms with Crippen LogP contribution in [0.4, 0.5) is 5.69 Å². The number of amides is 1. The third kappa shape index (κ3) is 3.78. The molecule has 0 aromatic heterocycles. The van der Waals surface area contributed by atoms with Crippen LogP contribution in [0.2, 0.25) is 0 Å². The Morgan fingerprint density at radius 2 is 2.00 bits per heavy atom. The fourth-order valence-electron chi connectivity index (χ4n) is 1.53. The quantitative estimate of drug-likeness (QED) is 0.840. The van der Waals surface area contributed by atoms with Gasteiger partial charge in [0.15, 0.2) is 0 Å². The molecule has 1 aromatic rings. The molecule has 0 saturated heterocycles. The van der Waals surface area contributed by atoms with Crippen molar-refractivity contribution in [1.82, 2.24) is 0 Å². The normalized spacial score (nSPS) is 12.2. The maximum atomic E-state index is 12.0. The van der Waals surface area contributed by atoms with Crippen LogP contribution in [0.25, 0.3) is 0 Å². The van der Waals surface area contributed by atoms with Crippen molar-refractivity contribution in [1.29, 1.82) is 0 Å². The Balaban J connectivity index is 2.85. The van der Waals surface area contributed by atoms with E-state index in [4.69, 9.17) is 18.0 Å². The molecule has 1 atom stereocenters. The Kier molecular flexibility index (Phi) is 5.08. The number of anilines is 1. The highest BCUT2D eigenvalue weighted by Gasteiger charge is 2.25. The Labute approximate surface area is 115 Å². The van der Waals surface area contributed by atoms with Gasteiger partial charge < -0.3 is 11.1 Å². The molecule has 0 aliphatic heterocycles. The lowest BCUT2D eigenvalue weighted by Crippen LogP contribution is -2.36. The van der Waals surface area contributed by atoms with E-state index in [-0.39, 0.29) is 16.8 Å². The summed E-state index contributed by atoms with van der Waals surface area (Å²) < 4.78 is 0.832. The van der Waals surface area contributed by atoms with Crippen LogP contribution in [0.3, 0.4) is 0 Å². The minimum Gasteiger partial charge on any atom is -0.393 e. The molecule has 0 bridgehead atoms. The van der Waals surface area contributed by atoms with Crippen molar-refractivity contribution < 1.29 is 4.79 Å². The molecule has 3 N–H and O–H groups in total. The Bertz CT molecular complexity index is 434. The molecule has 1 rings (SSSR count). The Morgan fingerprint density at radius 1 is 1.41 bits per heavy atom. The number of para-hydroxylation sites is 1. The number of halogens is 1. The number of nitrogens with two attached hydrogens (primary N) is 1. The molecule has 1 aromatic carbocycles. The van der Waals surface area contributed by atoms with Crippen LogP contribution in [0.1, 0.15) is 13.8 Å². The van der Waals surface area contributed by atoms with E-state index in [0.717, 1.165) is 10.2 Å². The molecule has 1 amide bonds. The predicted octanol–water partition coefficient (Wildman–Crippen LogP) is 2.95. The van der Waals surface area contributed by atoms with Gasteiger partial charge >= 0.3 is 0 Å². The van der Waals surface area contributed by atoms with Crippen LogP contribution in [0.15, 0.2) is 28.7 Å². The molecule has 92 valence electrons. The summed E-state index contributed by atoms with van der Waals surface area (Å²) >= 11 is 8.29. The van der Waals surface area contributed by atoms with Gasteiger partial charge in [0, 0.05) is 4.47 Å². The number of benzene rings is 1. The largest absolute Gasteiger partial charge is 0.393 e. The summed E-state index contributed by atoms with van der Waals surface area (Å²) in [5, 5.41) is 2.82. The van der Waals surface area contributed by atoms with E-state index < -0.39 is 5.92 Å². The number of carbonyl (C=O) groups is 1. The lowest BCUT2D eigenvalue weighted by Gasteiger charge is -2.19. The van der Waals surface area contributed by atoms with Gasteiger partial charge in [-0.25, -0.2) is 0 Å². The van der Waals surface area contributed by atoms with Crippen LogP contribution in [-0.4, -0.2) is 10.9 Å². The van der Waals surface area contributed by atoms with Gasteiger partial charge in [-0.2, -0.15) is 0 Å². The highest BCUT2D eigenvalue weighted by atomic mass is 79.9. The summed E-state index contributed by atoms with van der Waals surface area (Å²) in [5.41, 5.74) is 6.31. The lowest BCUT2D eigenvalue weighted by atomic mass is 9.95. The van der Waals surface area contributed by atoms with Gasteiger partial charge in [0.1, 0.15) is 0 Å². The molecule has 0 heterocycles. The SMILES string of the molecule is CC(C)C(C(=O)Nc1ccccc1Br)C(N)=S. The zero-order valence-corrected chi connectivity index (χ0v) is 12.1. The molecular weight excluding hydrogens is 300 g/mol. The molecule has 17 heavy (non-hydrogen) atoms. The molecule has 3 nitrogen and oxygen atoms in total. The molecule has 0 radical (unpaired) electrons. The van der Waals surface area contributed by atoms with Crippen molar-refractivity contribution >= 4 is 44.7 Å². The van der Waals surface area contributed by atoms with E-state index >= 15 is 0 Å². The van der Waals surface area contributed by atoms with Crippen LogP contribution >= 0.6 is 28.1 Å². The van der Waals surface area contributed by atoms with Crippen LogP contribution < -0.4 is 11.1 Å². The van der Waals surface area contributed by atoms with Crippen molar-refractivity contribution in [3.63, 3.8) is 0 Å². The molecule has 1 unspecified atom stereocenters. The summed E-state index contributed by atoms with van der Waals surface area (Å²) in [6.07, 6.45) is 0. The average Bonchev–Trinajstić information content (AvgIpc) is 2.20. The monoisotopic (exact) mass is 314 g/mol. The topological polar surface area (TPSA) is 55.1 Å². The number of hydrogen-bond donors (Lipinski definition) is 2. The number of nitrogens with one attached hydrogen (secondary N) is 1. The van der Waals surface area contributed by atoms with Crippen molar-refractivity contribution in [2.45, 2.75) is 13.8 Å². The minimum absolute atomic E-state index is 0.0787. The fraction of sp³-hybridized carbons (Fsp3) is 0.333. The molecule has 0 spiro atoms. The van der Waals surface area contributed by atoms with Crippen LogP contribution in [-0.2, 0) is 4.79 Å². The summed E-state index contributed by atoms with van der Waals surface area (Å²) in [4.78, 5) is 12.3. The van der Waals surface area contributed by atoms with Gasteiger partial charge in [-0.1, -0.05) is 38.2 Å². The van der Waals surface area contributed by atoms with Gasteiger partial charge in [-0.3, -0.25) is 4.79 Å². The first kappa shape index (κ1) is 14.1. The van der Waals surface area contributed by atoms with Gasteiger partial charge in [0.2, 0.25) is 5.91 Å². The van der Waals surface area contributed by atoms with Crippen LogP contribution in [0, 0.1) is 11.8 Å². The fourth-order valence-corrected chi connectivity index (χ4v) is 2.30. The third-order valence-corrected chi connectivity index (χ3v) is 3.33. The average molecular weight is 315 g/mol. The van der Waals surface area contributed by atoms with Crippen molar-refractivity contribution in [2.75, 3.05) is 5.32 Å². The van der Waals surface area contributed by atoms with Crippen molar-refractivity contribution in [3.05, 3.63) is 28.7 Å². The maximum Gasteiger partial charge on any atom is 0.234 e. The number of hydrogen-bond acceptors (Lipinski definition) is 2. The molecule has 5 heteroatoms. The second-order valence-electron chi connectivity index (χ2n) is 4.09. The van der Waals surface area contributed by atoms with E-state index in [1.54, 1.807) is 0 Å². The lowest BCUT2D eigenvalue weighted by molar-refractivity contribution is -0.118. The Hall–Kier alpha value is -0.940. The second-order valence-corrected chi connectivity index (χ2v) is 5.42. The first-order chi connectivity index (χ1) is 7.93. The summed E-state index contributed by atoms with van der Waals surface area (Å²) in [6.45, 7) is 3.84. The van der Waals surface area contributed by atoms with E-state index in [1.165, 1.54) is 0 Å². The first-order valence-corrected chi connectivity index (χ1v) is 6.48. The molecule has 0 aliphatic rings. The summed E-state index contributed by atoms with van der Waals surface area (Å²) in [6, 6.07) is 7.42. The summed E-state index contributed by atoms with van der Waals surface area (Å²) in [7, 11) is 0. The molecule has 0 fully saturated rings. The molecular formula is C12H15BrN2OS. The van der Waals surface area contributed by atoms with Crippen LogP contribution in [0.5, 0.6) is 0 Å². The van der Waals surface area contributed by atoms with E-state index in [0.29, 0.717) is 0 Å². The predicted molar refractivity (Wildman–Crippen MR) is 77.9 cm³/mol. The number of thiocarbonyl (C=S) groups is 1. The zero-order chi connectivity index (χ0) is 13.0. The second kappa shape index (κ2) is 6.12. The Morgan fingerprint density at radius 3 is 2.47 bits per heavy atom. The van der Waals surface area contributed by atoms with Gasteiger partial charge in [0.05, 0.1) is 16.6 Å². The van der Waals surface area contributed by atoms with E-state index in [9.17, 15) is 4.79 Å². The number of carbonyl (C=O) groups excluding carboxylic acids is 1. The smallest absolute Gasteiger partial charge is 0.234 e. The molecule has 0 aliphatic carbocycles. The van der Waals surface area contributed by atoms with Gasteiger partial charge in [-0.05, 0) is 34.0 Å². The highest BCUT2D eigenvalue weighted by Crippen LogP contribution is 2.23. The summed E-state index contributed by atoms with van der Waals surface area (Å²) in [5.74, 6) is -0.536. The zero-order valence-electron chi connectivity index (χ0n) is 9.74. The van der Waals surface area contributed by atoms with E-state index in [2.05, 4.69) is 21.2 Å². The minimum atomic E-state index is -0.447. The molecule has 0 saturated carbocycles. The standard InChI is InChI=1S/C12H15BrN2OS/c1-7(2)10(11(14)17)12(16)15-9-6-4-3-5-8(9)13/h3-7,10H,1-2H3,(H2,14,17)(H,15,16). The van der Waals surface area contributed by atoms with Gasteiger partial charge in [0.25, 0.3) is 0 Å². The number of rotatable bonds is 4. The van der Waals surface area contributed by atoms with Gasteiger partial charge in [-0.15, -0.1) is 0 Å². The van der Waals surface area contributed by atoms with Crippen molar-refractivity contribution in [2.24, 2.45) is 17.6 Å². The van der Waals surface area contributed by atoms with Crippen molar-refractivity contribution in [3.8, 4) is 0 Å². The highest BCUT2D eigenvalue weighted by molar-refractivity contribution is 9.10. The van der Waals surface area contributed by atoms with E-state index in [1.807, 2.05) is 38.1 Å².